The summed E-state index contributed by atoms with van der Waals surface area (Å²) < 4.78 is 50.9. The van der Waals surface area contributed by atoms with Crippen LogP contribution >= 0.6 is 0 Å². The Morgan fingerprint density at radius 1 is 0.673 bits per heavy atom. The summed E-state index contributed by atoms with van der Waals surface area (Å²) in [5.74, 6) is -1.90. The lowest BCUT2D eigenvalue weighted by atomic mass is 10.0. The molecule has 0 fully saturated rings. The van der Waals surface area contributed by atoms with Crippen molar-refractivity contribution >= 4 is 17.7 Å². The predicted molar refractivity (Wildman–Crippen MR) is 191 cm³/mol. The fourth-order valence-electron chi connectivity index (χ4n) is 5.63. The molecule has 0 amide bonds. The van der Waals surface area contributed by atoms with Crippen molar-refractivity contribution in [1.82, 2.24) is 9.55 Å². The van der Waals surface area contributed by atoms with Crippen molar-refractivity contribution in [2.75, 3.05) is 47.2 Å². The van der Waals surface area contributed by atoms with E-state index in [4.69, 9.17) is 29.7 Å². The molecule has 0 bridgehead atoms. The second kappa shape index (κ2) is 18.1. The SMILES string of the molecule is COC(=O)c1cc(C(=O)OC)cc(-c2nc(-c3ccc(F)cc3)c(-c3ccc(F)cc3)n2Cc2ccc(C(=O)CCCOCCOCCN)cc2)c1. The average Bonchev–Trinajstić information content (AvgIpc) is 3.54. The molecule has 12 heteroatoms. The van der Waals surface area contributed by atoms with Gasteiger partial charge in [-0.1, -0.05) is 24.3 Å². The minimum atomic E-state index is -0.675. The van der Waals surface area contributed by atoms with E-state index in [0.29, 0.717) is 85.3 Å². The Balaban J connectivity index is 1.55. The van der Waals surface area contributed by atoms with Crippen LogP contribution in [0.25, 0.3) is 33.9 Å². The molecule has 0 atom stereocenters. The molecule has 1 aromatic heterocycles. The van der Waals surface area contributed by atoms with E-state index in [2.05, 4.69) is 0 Å². The molecule has 0 spiro atoms. The number of hydrogen-bond donors (Lipinski definition) is 1. The van der Waals surface area contributed by atoms with Gasteiger partial charge in [0.25, 0.3) is 0 Å². The first-order valence-electron chi connectivity index (χ1n) is 16.6. The molecule has 0 unspecified atom stereocenters. The van der Waals surface area contributed by atoms with Crippen molar-refractivity contribution in [3.05, 3.63) is 125 Å². The number of hydrogen-bond acceptors (Lipinski definition) is 9. The monoisotopic (exact) mass is 711 g/mol. The summed E-state index contributed by atoms with van der Waals surface area (Å²) in [5, 5.41) is 0. The van der Waals surface area contributed by atoms with Crippen LogP contribution in [0.5, 0.6) is 0 Å². The van der Waals surface area contributed by atoms with E-state index in [-0.39, 0.29) is 23.5 Å². The van der Waals surface area contributed by atoms with Gasteiger partial charge >= 0.3 is 11.9 Å². The fourth-order valence-corrected chi connectivity index (χ4v) is 5.63. The van der Waals surface area contributed by atoms with Crippen LogP contribution < -0.4 is 5.73 Å². The average molecular weight is 712 g/mol. The number of carbonyl (C=O) groups is 3. The van der Waals surface area contributed by atoms with E-state index in [1.165, 1.54) is 44.6 Å². The Morgan fingerprint density at radius 2 is 1.23 bits per heavy atom. The maximum Gasteiger partial charge on any atom is 0.337 e. The van der Waals surface area contributed by atoms with Gasteiger partial charge in [0.15, 0.2) is 5.78 Å². The number of halogens is 2. The van der Waals surface area contributed by atoms with Gasteiger partial charge in [-0.15, -0.1) is 0 Å². The molecule has 5 aromatic rings. The number of carbonyl (C=O) groups excluding carboxylic acids is 3. The molecular formula is C40H39F2N3O7. The maximum absolute atomic E-state index is 14.2. The second-order valence-electron chi connectivity index (χ2n) is 11.8. The van der Waals surface area contributed by atoms with Gasteiger partial charge in [0.1, 0.15) is 17.5 Å². The van der Waals surface area contributed by atoms with Crippen molar-refractivity contribution in [2.24, 2.45) is 5.73 Å². The molecule has 1 heterocycles. The van der Waals surface area contributed by atoms with Gasteiger partial charge in [0.2, 0.25) is 0 Å². The van der Waals surface area contributed by atoms with Gasteiger partial charge in [-0.3, -0.25) is 4.79 Å². The Kier molecular flexibility index (Phi) is 13.1. The number of aromatic nitrogens is 2. The highest BCUT2D eigenvalue weighted by Crippen LogP contribution is 2.38. The third kappa shape index (κ3) is 9.40. The van der Waals surface area contributed by atoms with Gasteiger partial charge in [-0.25, -0.2) is 23.4 Å². The number of Topliss-reactive ketones (excluding diaryl/α,β-unsaturated/α-hetero) is 1. The van der Waals surface area contributed by atoms with Crippen molar-refractivity contribution in [1.29, 1.82) is 0 Å². The second-order valence-corrected chi connectivity index (χ2v) is 11.8. The van der Waals surface area contributed by atoms with E-state index in [0.717, 1.165) is 5.56 Å². The zero-order valence-corrected chi connectivity index (χ0v) is 28.9. The van der Waals surface area contributed by atoms with Gasteiger partial charge in [0.05, 0.1) is 56.6 Å². The topological polar surface area (TPSA) is 132 Å². The largest absolute Gasteiger partial charge is 0.465 e. The van der Waals surface area contributed by atoms with Gasteiger partial charge < -0.3 is 29.2 Å². The lowest BCUT2D eigenvalue weighted by molar-refractivity contribution is 0.0489. The van der Waals surface area contributed by atoms with Crippen molar-refractivity contribution in [3.8, 4) is 33.9 Å². The number of ether oxygens (including phenoxy) is 4. The van der Waals surface area contributed by atoms with E-state index in [1.54, 1.807) is 48.5 Å². The Bertz CT molecular complexity index is 1960. The lowest BCUT2D eigenvalue weighted by Crippen LogP contribution is -2.12. The smallest absolute Gasteiger partial charge is 0.337 e. The maximum atomic E-state index is 14.2. The van der Waals surface area contributed by atoms with Crippen LogP contribution in [0.2, 0.25) is 0 Å². The molecule has 0 saturated carbocycles. The number of esters is 2. The van der Waals surface area contributed by atoms with E-state index < -0.39 is 23.6 Å². The summed E-state index contributed by atoms with van der Waals surface area (Å²) in [4.78, 5) is 43.4. The fraction of sp³-hybridized carbons (Fsp3) is 0.250. The highest BCUT2D eigenvalue weighted by atomic mass is 19.1. The molecule has 5 rings (SSSR count). The Hall–Kier alpha value is -5.56. The van der Waals surface area contributed by atoms with Gasteiger partial charge in [0, 0.05) is 48.4 Å². The third-order valence-electron chi connectivity index (χ3n) is 8.18. The van der Waals surface area contributed by atoms with Crippen LogP contribution in [0.1, 0.15) is 49.5 Å². The molecule has 0 aliphatic heterocycles. The van der Waals surface area contributed by atoms with Crippen LogP contribution in [0.4, 0.5) is 8.78 Å². The molecule has 0 radical (unpaired) electrons. The zero-order valence-electron chi connectivity index (χ0n) is 28.9. The predicted octanol–water partition coefficient (Wildman–Crippen LogP) is 6.74. The minimum absolute atomic E-state index is 0.0292. The standard InChI is InChI=1S/C40H39F2N3O7/c1-49-39(47)31-22-30(23-32(24-31)40(48)50-2)38-44-36(28-9-13-33(41)14-10-28)37(29-11-15-34(42)16-12-29)45(38)25-26-5-7-27(8-6-26)35(46)4-3-18-51-20-21-52-19-17-43/h5-16,22-24H,3-4,17-21,25,43H2,1-2H3. The van der Waals surface area contributed by atoms with Gasteiger partial charge in [-0.2, -0.15) is 0 Å². The number of nitrogens with two attached hydrogens (primary N) is 1. The quantitative estimate of drug-likeness (QED) is 0.0633. The summed E-state index contributed by atoms with van der Waals surface area (Å²) in [6, 6.07) is 23.3. The first kappa shape index (κ1) is 37.7. The lowest BCUT2D eigenvalue weighted by Gasteiger charge is -2.15. The molecule has 2 N–H and O–H groups in total. The number of rotatable bonds is 17. The normalized spacial score (nSPS) is 11.0. The van der Waals surface area contributed by atoms with E-state index >= 15 is 0 Å². The highest BCUT2D eigenvalue weighted by molar-refractivity contribution is 5.98. The van der Waals surface area contributed by atoms with E-state index in [9.17, 15) is 23.2 Å². The van der Waals surface area contributed by atoms with Crippen LogP contribution in [0.15, 0.2) is 91.0 Å². The number of ketones is 1. The molecule has 0 saturated heterocycles. The van der Waals surface area contributed by atoms with Crippen molar-refractivity contribution < 1.29 is 42.1 Å². The number of imidazole rings is 1. The van der Waals surface area contributed by atoms with Crippen LogP contribution in [0.3, 0.4) is 0 Å². The summed E-state index contributed by atoms with van der Waals surface area (Å²) in [5.41, 5.74) is 9.51. The van der Waals surface area contributed by atoms with E-state index in [1.807, 2.05) is 16.7 Å². The Morgan fingerprint density at radius 3 is 1.79 bits per heavy atom. The highest BCUT2D eigenvalue weighted by Gasteiger charge is 2.24. The molecule has 52 heavy (non-hydrogen) atoms. The summed E-state index contributed by atoms with van der Waals surface area (Å²) in [6.07, 6.45) is 0.866. The van der Waals surface area contributed by atoms with Crippen LogP contribution in [-0.4, -0.2) is 74.5 Å². The summed E-state index contributed by atoms with van der Waals surface area (Å²) in [7, 11) is 2.47. The first-order chi connectivity index (χ1) is 25.2. The molecule has 270 valence electrons. The van der Waals surface area contributed by atoms with Crippen LogP contribution in [-0.2, 0) is 25.5 Å². The molecule has 10 nitrogen and oxygen atoms in total. The van der Waals surface area contributed by atoms with Crippen molar-refractivity contribution in [3.63, 3.8) is 0 Å². The van der Waals surface area contributed by atoms with Crippen molar-refractivity contribution in [2.45, 2.75) is 19.4 Å². The number of benzene rings is 4. The molecule has 4 aromatic carbocycles. The number of methoxy groups -OCH3 is 2. The minimum Gasteiger partial charge on any atom is -0.465 e. The molecule has 0 aliphatic rings. The molecule has 0 aliphatic carbocycles. The Labute approximate surface area is 300 Å². The number of nitrogens with zero attached hydrogens (tertiary/aromatic N) is 2. The first-order valence-corrected chi connectivity index (χ1v) is 16.6. The summed E-state index contributed by atoms with van der Waals surface area (Å²) in [6.45, 7) is 2.44. The third-order valence-corrected chi connectivity index (χ3v) is 8.18. The summed E-state index contributed by atoms with van der Waals surface area (Å²) >= 11 is 0. The van der Waals surface area contributed by atoms with Crippen LogP contribution in [0, 0.1) is 11.6 Å². The molecular weight excluding hydrogens is 672 g/mol. The van der Waals surface area contributed by atoms with Gasteiger partial charge in [-0.05, 0) is 78.7 Å². The zero-order chi connectivity index (χ0) is 37.0.